The Bertz CT molecular complexity index is 3600. The smallest absolute Gasteiger partial charge is 0.382 e. The summed E-state index contributed by atoms with van der Waals surface area (Å²) in [6.07, 6.45) is 5.54. The molecule has 0 bridgehead atoms. The van der Waals surface area contributed by atoms with Crippen molar-refractivity contribution in [3.63, 3.8) is 0 Å². The predicted octanol–water partition coefficient (Wildman–Crippen LogP) is 15.5. The van der Waals surface area contributed by atoms with Crippen LogP contribution in [0.5, 0.6) is 0 Å². The van der Waals surface area contributed by atoms with Gasteiger partial charge in [-0.1, -0.05) is 71.0 Å². The van der Waals surface area contributed by atoms with Gasteiger partial charge in [0, 0.05) is 59.2 Å². The van der Waals surface area contributed by atoms with Gasteiger partial charge in [-0.25, -0.2) is 8.78 Å². The lowest BCUT2D eigenvalue weighted by atomic mass is 10.0. The quantitative estimate of drug-likeness (QED) is 0.0615. The Morgan fingerprint density at radius 1 is 0.692 bits per heavy atom. The molecule has 8 aromatic rings. The molecule has 0 radical (unpaired) electrons. The number of hydrogen-bond donors (Lipinski definition) is 0. The summed E-state index contributed by atoms with van der Waals surface area (Å²) >= 11 is 0. The molecule has 0 amide bonds. The molecule has 10 nitrogen and oxygen atoms in total. The molecule has 0 saturated heterocycles. The van der Waals surface area contributed by atoms with Crippen LogP contribution < -0.4 is 4.31 Å². The van der Waals surface area contributed by atoms with Crippen LogP contribution in [0.3, 0.4) is 0 Å². The van der Waals surface area contributed by atoms with E-state index in [0.717, 1.165) is 74.2 Å². The average molecular weight is 1100 g/mol. The van der Waals surface area contributed by atoms with Crippen LogP contribution in [0.2, 0.25) is 0 Å². The molecule has 0 unspecified atom stereocenters. The van der Waals surface area contributed by atoms with Gasteiger partial charge in [-0.05, 0) is 171 Å². The fourth-order valence-electron chi connectivity index (χ4n) is 8.78. The molecule has 0 fully saturated rings. The van der Waals surface area contributed by atoms with Gasteiger partial charge in [0.1, 0.15) is 17.7 Å². The molecular formula is C60H65BF5N7O3S2. The molecule has 78 heavy (non-hydrogen) atoms. The number of rotatable bonds is 9. The summed E-state index contributed by atoms with van der Waals surface area (Å²) in [6.45, 7) is 21.1. The van der Waals surface area contributed by atoms with Gasteiger partial charge < -0.3 is 13.9 Å². The van der Waals surface area contributed by atoms with Crippen molar-refractivity contribution in [1.29, 1.82) is 10.5 Å². The van der Waals surface area contributed by atoms with E-state index < -0.39 is 17.6 Å². The van der Waals surface area contributed by atoms with E-state index in [-0.39, 0.29) is 43.4 Å². The Morgan fingerprint density at radius 3 is 1.67 bits per heavy atom. The second kappa shape index (κ2) is 28.2. The monoisotopic (exact) mass is 1100 g/mol. The molecule has 0 aliphatic carbocycles. The number of para-hydroxylation sites is 1. The standard InChI is InChI=1S/C21H18FN3.C20H19FN2.C14H12N2O2S.C4H10O.CH4.BF3.H2S/c1-12(2)21-18(9-23)17-7-14-10-24-11-15(14)8-20(17)25(21)16-4-5-19(22)13(3)6-16;1-12(2)19-8-14-7-15-10-22-11-16(15)9-20(14)23(19)17-4-5-18(21)13(3)6-17;1-12-7-9-14(10-8-12)19(17,18)16(11-15)13-5-3-2-4-6-13;1-3-5-4-2;;2-1(3)4;/h4-8,11-12H,10H2,1-3H3;4-9,11-12H,10H2,1-3H3;2-10H,1H3;3-4H2,1-2H3;1H4;;1H2. The van der Waals surface area contributed by atoms with Crippen LogP contribution >= 0.6 is 13.5 Å². The highest BCUT2D eigenvalue weighted by atomic mass is 32.2. The van der Waals surface area contributed by atoms with E-state index in [1.54, 1.807) is 67.7 Å². The Balaban J connectivity index is 0.000000233. The molecule has 2 aliphatic rings. The first-order valence-electron chi connectivity index (χ1n) is 24.6. The third-order valence-electron chi connectivity index (χ3n) is 12.4. The van der Waals surface area contributed by atoms with Gasteiger partial charge in [-0.2, -0.15) is 36.7 Å². The van der Waals surface area contributed by atoms with E-state index in [2.05, 4.69) is 83.2 Å². The van der Waals surface area contributed by atoms with Crippen LogP contribution in [0.15, 0.2) is 136 Å². The maximum absolute atomic E-state index is 13.8. The number of anilines is 1. The summed E-state index contributed by atoms with van der Waals surface area (Å²) in [5.41, 5.74) is 14.2. The van der Waals surface area contributed by atoms with E-state index >= 15 is 0 Å². The van der Waals surface area contributed by atoms with E-state index in [0.29, 0.717) is 34.8 Å². The second-order valence-electron chi connectivity index (χ2n) is 18.5. The molecule has 18 heteroatoms. The molecule has 0 spiro atoms. The van der Waals surface area contributed by atoms with Crippen LogP contribution in [0.1, 0.15) is 117 Å². The molecule has 2 aromatic heterocycles. The lowest BCUT2D eigenvalue weighted by Crippen LogP contribution is -2.25. The molecule has 4 heterocycles. The Morgan fingerprint density at radius 2 is 1.21 bits per heavy atom. The van der Waals surface area contributed by atoms with Gasteiger partial charge in [-0.3, -0.25) is 22.9 Å². The highest BCUT2D eigenvalue weighted by Gasteiger charge is 2.26. The molecule has 6 aromatic carbocycles. The lowest BCUT2D eigenvalue weighted by Gasteiger charge is -2.15. The van der Waals surface area contributed by atoms with E-state index in [9.17, 15) is 35.4 Å². The van der Waals surface area contributed by atoms with Crippen molar-refractivity contribution in [3.8, 4) is 23.6 Å². The lowest BCUT2D eigenvalue weighted by molar-refractivity contribution is 0.162. The van der Waals surface area contributed by atoms with Gasteiger partial charge in [0.25, 0.3) is 10.0 Å². The van der Waals surface area contributed by atoms with Crippen molar-refractivity contribution >= 4 is 71.0 Å². The van der Waals surface area contributed by atoms with Gasteiger partial charge in [-0.15, -0.1) is 0 Å². The number of nitriles is 2. The minimum absolute atomic E-state index is 0. The Labute approximate surface area is 462 Å². The van der Waals surface area contributed by atoms with Crippen LogP contribution in [0.4, 0.5) is 27.4 Å². The number of hydrogen-bond acceptors (Lipinski definition) is 7. The molecule has 10 rings (SSSR count). The summed E-state index contributed by atoms with van der Waals surface area (Å²) < 4.78 is 91.1. The van der Waals surface area contributed by atoms with Crippen molar-refractivity contribution in [2.45, 2.75) is 99.6 Å². The number of nitrogens with zero attached hydrogens (tertiary/aromatic N) is 7. The summed E-state index contributed by atoms with van der Waals surface area (Å²) in [5.74, 6) is 0.163. The number of aromatic nitrogens is 2. The van der Waals surface area contributed by atoms with E-state index in [4.69, 9.17) is 10.00 Å². The fraction of sp³-hybridized carbons (Fsp3) is 0.267. The predicted molar refractivity (Wildman–Crippen MR) is 313 cm³/mol. The minimum atomic E-state index is -3.85. The van der Waals surface area contributed by atoms with Gasteiger partial charge in [0.15, 0.2) is 6.19 Å². The third-order valence-corrected chi connectivity index (χ3v) is 14.1. The van der Waals surface area contributed by atoms with Gasteiger partial charge in [0.05, 0.1) is 40.3 Å². The zero-order chi connectivity index (χ0) is 55.4. The topological polar surface area (TPSA) is 129 Å². The number of sulfonamides is 1. The molecule has 408 valence electrons. The molecule has 0 saturated carbocycles. The van der Waals surface area contributed by atoms with Crippen LogP contribution in [-0.4, -0.2) is 50.7 Å². The number of fused-ring (bicyclic) bond motifs is 4. The first-order valence-corrected chi connectivity index (χ1v) is 26.1. The zero-order valence-electron chi connectivity index (χ0n) is 44.4. The van der Waals surface area contributed by atoms with Crippen LogP contribution in [0, 0.1) is 55.2 Å². The zero-order valence-corrected chi connectivity index (χ0v) is 46.2. The molecule has 0 N–H and O–H groups in total. The second-order valence-corrected chi connectivity index (χ2v) is 20.2. The first-order chi connectivity index (χ1) is 36.2. The van der Waals surface area contributed by atoms with Crippen molar-refractivity contribution in [2.24, 2.45) is 9.98 Å². The average Bonchev–Trinajstić information content (AvgIpc) is 4.33. The summed E-state index contributed by atoms with van der Waals surface area (Å²) in [4.78, 5) is 8.78. The van der Waals surface area contributed by atoms with Crippen molar-refractivity contribution in [2.75, 3.05) is 17.5 Å². The van der Waals surface area contributed by atoms with Crippen LogP contribution in [-0.2, 0) is 27.8 Å². The van der Waals surface area contributed by atoms with E-state index in [1.165, 1.54) is 40.4 Å². The molecular weight excluding hydrogens is 1040 g/mol. The van der Waals surface area contributed by atoms with Crippen molar-refractivity contribution in [1.82, 2.24) is 9.13 Å². The fourth-order valence-corrected chi connectivity index (χ4v) is 9.98. The Hall–Kier alpha value is -7.51. The van der Waals surface area contributed by atoms with Gasteiger partial charge >= 0.3 is 7.54 Å². The number of aryl methyl sites for hydroxylation is 3. The largest absolute Gasteiger partial charge is 0.762 e. The van der Waals surface area contributed by atoms with Gasteiger partial charge in [0.2, 0.25) is 0 Å². The molecule has 2 aliphatic heterocycles. The minimum Gasteiger partial charge on any atom is -0.382 e. The highest BCUT2D eigenvalue weighted by Crippen LogP contribution is 2.37. The van der Waals surface area contributed by atoms with Crippen molar-refractivity contribution < 1.29 is 34.9 Å². The third kappa shape index (κ3) is 14.5. The summed E-state index contributed by atoms with van der Waals surface area (Å²) in [6, 6.07) is 38.4. The SMILES string of the molecule is C.CCOCC.Cc1cc(-n2c(C(C)C)c(C#N)c3cc4c(cc32)C=NC4)ccc1F.Cc1cc(-n2c(C(C)C)cc3cc4c(cc32)C=NC4)ccc1F.Cc1ccc(S(=O)(=O)N(C#N)c2ccccc2)cc1.FB(F)F.S. The van der Waals surface area contributed by atoms with E-state index in [1.807, 2.05) is 58.3 Å². The number of halogens is 5. The number of benzene rings is 6. The summed E-state index contributed by atoms with van der Waals surface area (Å²) in [7, 11) is -7.52. The Kier molecular flexibility index (Phi) is 22.8. The normalized spacial score (nSPS) is 11.5. The number of aliphatic imine (C=N–C) groups is 2. The first kappa shape index (κ1) is 63.0. The summed E-state index contributed by atoms with van der Waals surface area (Å²) in [5, 5.41) is 21.1. The maximum atomic E-state index is 13.8. The van der Waals surface area contributed by atoms with Crippen LogP contribution in [0.25, 0.3) is 33.2 Å². The highest BCUT2D eigenvalue weighted by molar-refractivity contribution is 7.93. The molecule has 0 atom stereocenters. The van der Waals surface area contributed by atoms with Crippen molar-refractivity contribution in [3.05, 3.63) is 189 Å². The maximum Gasteiger partial charge on any atom is 0.762 e. The number of ether oxygens (including phenoxy) is 1.